The Morgan fingerprint density at radius 2 is 1.76 bits per heavy atom. The molecule has 2 saturated heterocycles. The van der Waals surface area contributed by atoms with E-state index in [-0.39, 0.29) is 79.5 Å². The number of fused-ring (bicyclic) bond motifs is 4. The Labute approximate surface area is 395 Å². The Morgan fingerprint density at radius 1 is 0.956 bits per heavy atom. The third-order valence-corrected chi connectivity index (χ3v) is 12.9. The predicted molar refractivity (Wildman–Crippen MR) is 250 cm³/mol. The number of aliphatic imine (C=N–C) groups is 1. The van der Waals surface area contributed by atoms with E-state index < -0.39 is 23.6 Å². The molecule has 352 valence electrons. The van der Waals surface area contributed by atoms with Gasteiger partial charge in [-0.15, -0.1) is 0 Å². The van der Waals surface area contributed by atoms with Crippen molar-refractivity contribution in [3.05, 3.63) is 129 Å². The lowest BCUT2D eigenvalue weighted by Gasteiger charge is -2.32. The van der Waals surface area contributed by atoms with Crippen molar-refractivity contribution in [2.75, 3.05) is 56.6 Å². The molecule has 9 rings (SSSR count). The summed E-state index contributed by atoms with van der Waals surface area (Å²) in [6.45, 7) is 4.10. The highest BCUT2D eigenvalue weighted by Gasteiger charge is 2.40. The van der Waals surface area contributed by atoms with Crippen LogP contribution in [0.15, 0.2) is 89.6 Å². The summed E-state index contributed by atoms with van der Waals surface area (Å²) in [4.78, 5) is 80.8. The second-order valence-electron chi connectivity index (χ2n) is 17.2. The number of hydrogen-bond acceptors (Lipinski definition) is 12. The number of anilines is 2. The summed E-state index contributed by atoms with van der Waals surface area (Å²) in [5.41, 5.74) is 4.42. The highest BCUT2D eigenvalue weighted by atomic mass is 35.5. The molecular formula is C49H49ClF2N10O6. The van der Waals surface area contributed by atoms with Crippen molar-refractivity contribution in [1.29, 1.82) is 0 Å². The van der Waals surface area contributed by atoms with Crippen LogP contribution in [0.1, 0.15) is 64.7 Å². The fourth-order valence-corrected chi connectivity index (χ4v) is 9.27. The van der Waals surface area contributed by atoms with Gasteiger partial charge in [0.05, 0.1) is 49.3 Å². The topological polar surface area (TPSA) is 199 Å². The van der Waals surface area contributed by atoms with Crippen molar-refractivity contribution in [3.63, 3.8) is 0 Å². The van der Waals surface area contributed by atoms with Crippen LogP contribution >= 0.6 is 11.6 Å². The number of rotatable bonds is 15. The highest BCUT2D eigenvalue weighted by Crippen LogP contribution is 2.35. The minimum absolute atomic E-state index is 0.0438. The molecule has 2 unspecified atom stereocenters. The van der Waals surface area contributed by atoms with Crippen molar-refractivity contribution >= 4 is 58.5 Å². The quantitative estimate of drug-likeness (QED) is 0.0820. The third-order valence-electron chi connectivity index (χ3n) is 12.7. The lowest BCUT2D eigenvalue weighted by molar-refractivity contribution is -0.137. The summed E-state index contributed by atoms with van der Waals surface area (Å²) in [5, 5.41) is 15.2. The van der Waals surface area contributed by atoms with E-state index in [1.165, 1.54) is 23.1 Å². The molecule has 5 amide bonds. The Balaban J connectivity index is 0.665. The Bertz CT molecular complexity index is 2740. The van der Waals surface area contributed by atoms with Gasteiger partial charge in [-0.25, -0.2) is 18.7 Å². The third kappa shape index (κ3) is 10.4. The first kappa shape index (κ1) is 46.4. The monoisotopic (exact) mass is 946 g/mol. The molecule has 16 nitrogen and oxygen atoms in total. The number of ether oxygens (including phenoxy) is 1. The van der Waals surface area contributed by atoms with Gasteiger partial charge in [-0.3, -0.25) is 34.3 Å². The number of aromatic nitrogens is 2. The predicted octanol–water partition coefficient (Wildman–Crippen LogP) is 4.68. The highest BCUT2D eigenvalue weighted by molar-refractivity contribution is 6.31. The Morgan fingerprint density at radius 3 is 2.54 bits per heavy atom. The normalized spacial score (nSPS) is 19.3. The molecule has 4 aromatic rings. The number of carbonyl (C=O) groups is 5. The summed E-state index contributed by atoms with van der Waals surface area (Å²) >= 11 is 6.37. The van der Waals surface area contributed by atoms with E-state index in [0.717, 1.165) is 32.5 Å². The van der Waals surface area contributed by atoms with E-state index >= 15 is 0 Å². The number of amides is 5. The molecule has 19 heteroatoms. The summed E-state index contributed by atoms with van der Waals surface area (Å²) in [6.07, 6.45) is 9.83. The van der Waals surface area contributed by atoms with Crippen molar-refractivity contribution in [3.8, 4) is 11.3 Å². The van der Waals surface area contributed by atoms with Crippen molar-refractivity contribution < 1.29 is 37.5 Å². The van der Waals surface area contributed by atoms with Crippen LogP contribution < -0.4 is 26.6 Å². The van der Waals surface area contributed by atoms with E-state index in [1.54, 1.807) is 48.7 Å². The molecule has 3 aromatic carbocycles. The van der Waals surface area contributed by atoms with Crippen LogP contribution in [0.25, 0.3) is 11.3 Å². The van der Waals surface area contributed by atoms with Crippen molar-refractivity contribution in [1.82, 2.24) is 35.7 Å². The Kier molecular flexibility index (Phi) is 14.1. The van der Waals surface area contributed by atoms with Crippen molar-refractivity contribution in [2.24, 2.45) is 4.99 Å². The number of likely N-dealkylation sites (tertiary alicyclic amines) is 1. The van der Waals surface area contributed by atoms with Crippen LogP contribution in [0.3, 0.4) is 0 Å². The molecule has 5 N–H and O–H groups in total. The molecule has 1 aliphatic carbocycles. The lowest BCUT2D eigenvalue weighted by Crippen LogP contribution is -2.52. The maximum atomic E-state index is 15.0. The fraction of sp³-hybridized carbons (Fsp3) is 0.347. The molecule has 2 fully saturated rings. The number of carbonyl (C=O) groups excluding carboxylic acids is 5. The molecule has 68 heavy (non-hydrogen) atoms. The average Bonchev–Trinajstić information content (AvgIpc) is 3.58. The second-order valence-corrected chi connectivity index (χ2v) is 17.6. The molecule has 0 spiro atoms. The first-order valence-electron chi connectivity index (χ1n) is 22.7. The van der Waals surface area contributed by atoms with Gasteiger partial charge in [-0.05, 0) is 62.1 Å². The lowest BCUT2D eigenvalue weighted by atomic mass is 9.95. The van der Waals surface area contributed by atoms with Gasteiger partial charge in [0.15, 0.2) is 0 Å². The molecule has 1 aromatic heterocycles. The second kappa shape index (κ2) is 20.6. The molecular weight excluding hydrogens is 898 g/mol. The van der Waals surface area contributed by atoms with E-state index in [2.05, 4.69) is 41.5 Å². The maximum absolute atomic E-state index is 15.0. The number of imide groups is 1. The SMILES string of the molecule is O=C1CCC(N2Cc3c(NC(=O)CNCCOCCN4CCC(NC(=O)C5=CCC(Nc6ncc7c(n6)-c6ccc(Cl)cc6C(c6c(F)cccc6F)=NC7)C=C5)CC4)cccc3C2=O)C(=O)N1. The number of halogens is 3. The van der Waals surface area contributed by atoms with Gasteiger partial charge in [-0.2, -0.15) is 0 Å². The average molecular weight is 947 g/mol. The number of hydrogen-bond donors (Lipinski definition) is 5. The summed E-state index contributed by atoms with van der Waals surface area (Å²) < 4.78 is 35.7. The van der Waals surface area contributed by atoms with Crippen LogP contribution in [0.4, 0.5) is 20.4 Å². The van der Waals surface area contributed by atoms with Crippen LogP contribution in [-0.2, 0) is 37.0 Å². The molecule has 0 bridgehead atoms. The van der Waals surface area contributed by atoms with E-state index in [1.807, 2.05) is 12.2 Å². The molecule has 5 aliphatic rings. The van der Waals surface area contributed by atoms with Gasteiger partial charge >= 0.3 is 0 Å². The van der Waals surface area contributed by atoms with Gasteiger partial charge in [0.1, 0.15) is 17.7 Å². The zero-order valence-corrected chi connectivity index (χ0v) is 37.7. The number of nitrogens with zero attached hydrogens (tertiary/aromatic N) is 5. The maximum Gasteiger partial charge on any atom is 0.255 e. The fourth-order valence-electron chi connectivity index (χ4n) is 9.10. The van der Waals surface area contributed by atoms with Crippen LogP contribution in [0.2, 0.25) is 5.02 Å². The zero-order valence-electron chi connectivity index (χ0n) is 37.0. The molecule has 0 saturated carbocycles. The van der Waals surface area contributed by atoms with Gasteiger partial charge in [-0.1, -0.05) is 48.0 Å². The number of piperidine rings is 2. The number of benzene rings is 3. The largest absolute Gasteiger partial charge is 0.379 e. The standard InChI is InChI=1S/C49H49ClF2N10O6/c50-30-9-12-33-35(23-30)45(43-37(51)4-2-5-38(43)52)54-24-29-25-55-49(60-44(29)33)57-31-10-7-28(8-11-31)46(65)56-32-15-18-61(19-16-32)20-22-68-21-17-53-26-42(64)58-39-6-1-3-34-36(39)27-62(48(34)67)40-13-14-41(63)59-47(40)66/h1-10,12,23,25,31-32,40,53H,11,13-22,24,26-27H2,(H,56,65)(H,58,64)(H,55,57,60)(H,59,63,66). The molecule has 0 radical (unpaired) electrons. The molecule has 2 atom stereocenters. The van der Waals surface area contributed by atoms with Gasteiger partial charge < -0.3 is 35.8 Å². The molecule has 5 heterocycles. The van der Waals surface area contributed by atoms with Gasteiger partial charge in [0, 0.05) is 95.5 Å². The minimum atomic E-state index is -0.735. The van der Waals surface area contributed by atoms with Crippen LogP contribution in [-0.4, -0.2) is 119 Å². The first-order valence-corrected chi connectivity index (χ1v) is 23.0. The van der Waals surface area contributed by atoms with Crippen molar-refractivity contribution in [2.45, 2.75) is 63.3 Å². The smallest absolute Gasteiger partial charge is 0.255 e. The van der Waals surface area contributed by atoms with Crippen LogP contribution in [0, 0.1) is 11.6 Å². The van der Waals surface area contributed by atoms with Gasteiger partial charge in [0.2, 0.25) is 23.7 Å². The van der Waals surface area contributed by atoms with E-state index in [9.17, 15) is 32.8 Å². The summed E-state index contributed by atoms with van der Waals surface area (Å²) in [7, 11) is 0. The van der Waals surface area contributed by atoms with Gasteiger partial charge in [0.25, 0.3) is 11.8 Å². The summed E-state index contributed by atoms with van der Waals surface area (Å²) in [5.74, 6) is -2.65. The minimum Gasteiger partial charge on any atom is -0.379 e. The summed E-state index contributed by atoms with van der Waals surface area (Å²) in [6, 6.07) is 13.0. The van der Waals surface area contributed by atoms with E-state index in [0.29, 0.717) is 81.9 Å². The molecule has 4 aliphatic heterocycles. The van der Waals surface area contributed by atoms with Crippen LogP contribution in [0.5, 0.6) is 0 Å². The Hall–Kier alpha value is -6.73. The zero-order chi connectivity index (χ0) is 47.3. The van der Waals surface area contributed by atoms with E-state index in [4.69, 9.17) is 21.3 Å². The first-order chi connectivity index (χ1) is 33.0. The number of nitrogens with one attached hydrogen (secondary N) is 5.